The SMILES string of the molecule is CCOC(=O)c1cccc(-n2c(C)cc(/C=N\NC(=O)c3cccc(F)c3)c2C)c1. The Labute approximate surface area is 174 Å². The fourth-order valence-corrected chi connectivity index (χ4v) is 3.16. The molecule has 1 heterocycles. The minimum absolute atomic E-state index is 0.188. The molecule has 30 heavy (non-hydrogen) atoms. The van der Waals surface area contributed by atoms with E-state index in [4.69, 9.17) is 4.74 Å². The van der Waals surface area contributed by atoms with Crippen molar-refractivity contribution >= 4 is 18.1 Å². The number of nitrogens with zero attached hydrogens (tertiary/aromatic N) is 2. The molecule has 0 bridgehead atoms. The van der Waals surface area contributed by atoms with E-state index in [1.807, 2.05) is 30.5 Å². The largest absolute Gasteiger partial charge is 0.462 e. The van der Waals surface area contributed by atoms with E-state index in [1.165, 1.54) is 24.4 Å². The third-order valence-electron chi connectivity index (χ3n) is 4.54. The molecule has 0 radical (unpaired) electrons. The zero-order valence-corrected chi connectivity index (χ0v) is 17.0. The first kappa shape index (κ1) is 21.0. The van der Waals surface area contributed by atoms with Crippen LogP contribution in [0.5, 0.6) is 0 Å². The lowest BCUT2D eigenvalue weighted by molar-refractivity contribution is 0.0526. The molecule has 0 saturated carbocycles. The quantitative estimate of drug-likeness (QED) is 0.379. The zero-order valence-electron chi connectivity index (χ0n) is 17.0. The Hall–Kier alpha value is -3.74. The number of aryl methyl sites for hydroxylation is 1. The second kappa shape index (κ2) is 9.17. The smallest absolute Gasteiger partial charge is 0.338 e. The molecule has 0 fully saturated rings. The van der Waals surface area contributed by atoms with Crippen molar-refractivity contribution in [2.75, 3.05) is 6.61 Å². The molecule has 0 aliphatic rings. The van der Waals surface area contributed by atoms with Gasteiger partial charge in [0.05, 0.1) is 18.4 Å². The molecule has 0 unspecified atom stereocenters. The Kier molecular flexibility index (Phi) is 6.41. The van der Waals surface area contributed by atoms with Crippen LogP contribution in [0.2, 0.25) is 0 Å². The number of esters is 1. The van der Waals surface area contributed by atoms with Gasteiger partial charge in [-0.05, 0) is 63.2 Å². The lowest BCUT2D eigenvalue weighted by atomic mass is 10.2. The van der Waals surface area contributed by atoms with Crippen molar-refractivity contribution in [3.8, 4) is 5.69 Å². The molecule has 1 amide bonds. The Bertz CT molecular complexity index is 1120. The topological polar surface area (TPSA) is 72.7 Å². The van der Waals surface area contributed by atoms with Crippen molar-refractivity contribution in [1.82, 2.24) is 9.99 Å². The van der Waals surface area contributed by atoms with E-state index in [0.717, 1.165) is 28.7 Å². The van der Waals surface area contributed by atoms with Gasteiger partial charge in [0.15, 0.2) is 0 Å². The molecule has 154 valence electrons. The first-order valence-corrected chi connectivity index (χ1v) is 9.46. The fourth-order valence-electron chi connectivity index (χ4n) is 3.16. The maximum atomic E-state index is 13.2. The molecule has 7 heteroatoms. The monoisotopic (exact) mass is 407 g/mol. The van der Waals surface area contributed by atoms with Crippen LogP contribution in [-0.2, 0) is 4.74 Å². The maximum Gasteiger partial charge on any atom is 0.338 e. The van der Waals surface area contributed by atoms with Gasteiger partial charge < -0.3 is 9.30 Å². The summed E-state index contributed by atoms with van der Waals surface area (Å²) in [5, 5.41) is 3.99. The van der Waals surface area contributed by atoms with E-state index in [0.29, 0.717) is 12.2 Å². The highest BCUT2D eigenvalue weighted by Crippen LogP contribution is 2.21. The summed E-state index contributed by atoms with van der Waals surface area (Å²) < 4.78 is 20.3. The zero-order chi connectivity index (χ0) is 21.7. The second-order valence-corrected chi connectivity index (χ2v) is 6.64. The fraction of sp³-hybridized carbons (Fsp3) is 0.174. The van der Waals surface area contributed by atoms with E-state index >= 15 is 0 Å². The Morgan fingerprint density at radius 3 is 2.57 bits per heavy atom. The number of nitrogens with one attached hydrogen (secondary N) is 1. The molecule has 0 aliphatic heterocycles. The molecule has 0 aliphatic carbocycles. The van der Waals surface area contributed by atoms with E-state index in [1.54, 1.807) is 25.1 Å². The van der Waals surface area contributed by atoms with Gasteiger partial charge in [-0.2, -0.15) is 5.10 Å². The standard InChI is InChI=1S/C23H22FN3O3/c1-4-30-23(29)18-8-6-10-21(13-18)27-15(2)11-19(16(27)3)14-25-26-22(28)17-7-5-9-20(24)12-17/h5-14H,4H2,1-3H3,(H,26,28)/b25-14-. The minimum atomic E-state index is -0.498. The summed E-state index contributed by atoms with van der Waals surface area (Å²) in [4.78, 5) is 24.1. The van der Waals surface area contributed by atoms with Crippen molar-refractivity contribution < 1.29 is 18.7 Å². The Morgan fingerprint density at radius 1 is 1.10 bits per heavy atom. The number of halogens is 1. The summed E-state index contributed by atoms with van der Waals surface area (Å²) >= 11 is 0. The molecule has 3 rings (SSSR count). The first-order chi connectivity index (χ1) is 14.4. The molecule has 6 nitrogen and oxygen atoms in total. The maximum absolute atomic E-state index is 13.2. The van der Waals surface area contributed by atoms with Crippen molar-refractivity contribution in [3.05, 3.63) is 88.5 Å². The highest BCUT2D eigenvalue weighted by molar-refractivity contribution is 5.95. The number of hydrogen-bond acceptors (Lipinski definition) is 4. The van der Waals surface area contributed by atoms with E-state index in [9.17, 15) is 14.0 Å². The van der Waals surface area contributed by atoms with E-state index in [-0.39, 0.29) is 11.5 Å². The van der Waals surface area contributed by atoms with Gasteiger partial charge in [-0.1, -0.05) is 12.1 Å². The van der Waals surface area contributed by atoms with Crippen molar-refractivity contribution in [1.29, 1.82) is 0 Å². The Morgan fingerprint density at radius 2 is 1.83 bits per heavy atom. The van der Waals surface area contributed by atoms with Crippen LogP contribution in [0.15, 0.2) is 59.7 Å². The molecule has 3 aromatic rings. The number of benzene rings is 2. The highest BCUT2D eigenvalue weighted by Gasteiger charge is 2.13. The number of aromatic nitrogens is 1. The van der Waals surface area contributed by atoms with Crippen LogP contribution in [0, 0.1) is 19.7 Å². The van der Waals surface area contributed by atoms with E-state index in [2.05, 4.69) is 10.5 Å². The number of hydrazone groups is 1. The van der Waals surface area contributed by atoms with Crippen molar-refractivity contribution in [3.63, 3.8) is 0 Å². The number of carbonyl (C=O) groups excluding carboxylic acids is 2. The summed E-state index contributed by atoms with van der Waals surface area (Å²) in [6.45, 7) is 5.93. The third-order valence-corrected chi connectivity index (χ3v) is 4.54. The number of ether oxygens (including phenoxy) is 1. The van der Waals surface area contributed by atoms with Gasteiger partial charge in [0.2, 0.25) is 0 Å². The normalized spacial score (nSPS) is 10.9. The summed E-state index contributed by atoms with van der Waals surface area (Å²) in [5.74, 6) is -1.36. The number of amides is 1. The highest BCUT2D eigenvalue weighted by atomic mass is 19.1. The molecule has 1 N–H and O–H groups in total. The average Bonchev–Trinajstić information content (AvgIpc) is 3.01. The van der Waals surface area contributed by atoms with Gasteiger partial charge in [-0.25, -0.2) is 14.6 Å². The number of carbonyl (C=O) groups is 2. The van der Waals surface area contributed by atoms with Crippen LogP contribution < -0.4 is 5.43 Å². The molecular weight excluding hydrogens is 385 g/mol. The minimum Gasteiger partial charge on any atom is -0.462 e. The summed E-state index contributed by atoms with van der Waals surface area (Å²) in [7, 11) is 0. The molecule has 2 aromatic carbocycles. The lowest BCUT2D eigenvalue weighted by Gasteiger charge is -2.11. The lowest BCUT2D eigenvalue weighted by Crippen LogP contribution is -2.17. The molecule has 0 spiro atoms. The second-order valence-electron chi connectivity index (χ2n) is 6.64. The number of rotatable bonds is 6. The number of hydrogen-bond donors (Lipinski definition) is 1. The van der Waals surface area contributed by atoms with Crippen molar-refractivity contribution in [2.45, 2.75) is 20.8 Å². The van der Waals surface area contributed by atoms with Crippen LogP contribution in [0.4, 0.5) is 4.39 Å². The van der Waals surface area contributed by atoms with Crippen LogP contribution in [0.3, 0.4) is 0 Å². The first-order valence-electron chi connectivity index (χ1n) is 9.46. The average molecular weight is 407 g/mol. The predicted octanol–water partition coefficient (Wildman–Crippen LogP) is 4.17. The van der Waals surface area contributed by atoms with E-state index < -0.39 is 11.7 Å². The van der Waals surface area contributed by atoms with Gasteiger partial charge in [-0.3, -0.25) is 4.79 Å². The molecule has 1 aromatic heterocycles. The third kappa shape index (κ3) is 4.63. The van der Waals surface area contributed by atoms with Gasteiger partial charge in [-0.15, -0.1) is 0 Å². The van der Waals surface area contributed by atoms with Crippen LogP contribution >= 0.6 is 0 Å². The van der Waals surface area contributed by atoms with Crippen LogP contribution in [-0.4, -0.2) is 29.3 Å². The van der Waals surface area contributed by atoms with Gasteiger partial charge in [0.1, 0.15) is 5.82 Å². The summed E-state index contributed by atoms with van der Waals surface area (Å²) in [5.41, 5.74) is 6.50. The van der Waals surface area contributed by atoms with Crippen molar-refractivity contribution in [2.24, 2.45) is 5.10 Å². The summed E-state index contributed by atoms with van der Waals surface area (Å²) in [6, 6.07) is 14.5. The van der Waals surface area contributed by atoms with Gasteiger partial charge in [0, 0.05) is 28.2 Å². The molecular formula is C23H22FN3O3. The van der Waals surface area contributed by atoms with Gasteiger partial charge in [0.25, 0.3) is 5.91 Å². The summed E-state index contributed by atoms with van der Waals surface area (Å²) in [6.07, 6.45) is 1.53. The Balaban J connectivity index is 1.81. The molecule has 0 atom stereocenters. The van der Waals surface area contributed by atoms with Crippen LogP contribution in [0.1, 0.15) is 44.6 Å². The molecule has 0 saturated heterocycles. The van der Waals surface area contributed by atoms with Gasteiger partial charge >= 0.3 is 5.97 Å². The predicted molar refractivity (Wildman–Crippen MR) is 113 cm³/mol. The van der Waals surface area contributed by atoms with Crippen LogP contribution in [0.25, 0.3) is 5.69 Å².